The highest BCUT2D eigenvalue weighted by atomic mass is 19.3. The molecule has 7 fully saturated rings. The van der Waals surface area contributed by atoms with Gasteiger partial charge in [-0.25, -0.2) is 0 Å². The van der Waals surface area contributed by atoms with Gasteiger partial charge in [-0.1, -0.05) is 33.6 Å². The highest BCUT2D eigenvalue weighted by molar-refractivity contribution is 5.82. The number of nitrogens with one attached hydrogen (secondary N) is 1. The van der Waals surface area contributed by atoms with Gasteiger partial charge >= 0.3 is 6.29 Å². The molecule has 0 aromatic rings. The average Bonchev–Trinajstić information content (AvgIpc) is 3.49. The molecule has 9 nitrogen and oxygen atoms in total. The molecule has 0 radical (unpaired) electrons. The van der Waals surface area contributed by atoms with Crippen LogP contribution in [0.3, 0.4) is 0 Å². The van der Waals surface area contributed by atoms with Crippen molar-refractivity contribution in [2.45, 2.75) is 128 Å². The Morgan fingerprint density at radius 2 is 1.84 bits per heavy atom. The summed E-state index contributed by atoms with van der Waals surface area (Å²) in [6.45, 7) is 8.60. The molecule has 246 valence electrons. The van der Waals surface area contributed by atoms with E-state index in [0.29, 0.717) is 36.1 Å². The second kappa shape index (κ2) is 12.0. The van der Waals surface area contributed by atoms with Crippen molar-refractivity contribution in [2.24, 2.45) is 46.8 Å². The fourth-order valence-electron chi connectivity index (χ4n) is 10.3. The van der Waals surface area contributed by atoms with Gasteiger partial charge in [-0.2, -0.15) is 5.06 Å². The molecule has 2 aliphatic heterocycles. The Hall–Kier alpha value is -0.950. The lowest BCUT2D eigenvalue weighted by molar-refractivity contribution is -0.353. The summed E-state index contributed by atoms with van der Waals surface area (Å²) in [5, 5.41) is 26.0. The normalized spacial score (nSPS) is 47.9. The summed E-state index contributed by atoms with van der Waals surface area (Å²) in [5.41, 5.74) is 0.296. The first-order valence-corrected chi connectivity index (χ1v) is 16.6. The number of rotatable bonds is 8. The van der Waals surface area contributed by atoms with Crippen LogP contribution >= 0.6 is 0 Å². The molecular weight excluding hydrogens is 562 g/mol. The molecular formula is C32H52F2N2O7. The fourth-order valence-corrected chi connectivity index (χ4v) is 10.3. The number of aliphatic hydroxyl groups excluding tert-OH is 2. The SMILES string of the molecule is COC1C(CN2O[C@@H](CO)[C@@H]([C@H](C)O)[C@H]2C(=O)N[C@H]2C[C@H]3C[C@@H]([C@@H]2C)C3(C)C)CCCC1C1CCCC2OC(F)(F)OC21. The van der Waals surface area contributed by atoms with Gasteiger partial charge < -0.3 is 20.3 Å². The van der Waals surface area contributed by atoms with E-state index < -0.39 is 42.7 Å². The second-order valence-electron chi connectivity index (χ2n) is 15.1. The van der Waals surface area contributed by atoms with Crippen molar-refractivity contribution in [1.82, 2.24) is 10.4 Å². The van der Waals surface area contributed by atoms with Gasteiger partial charge in [0.15, 0.2) is 0 Å². The first kappa shape index (κ1) is 32.0. The van der Waals surface area contributed by atoms with Crippen LogP contribution in [0.5, 0.6) is 0 Å². The van der Waals surface area contributed by atoms with E-state index in [-0.39, 0.29) is 42.4 Å². The number of methoxy groups -OCH3 is 1. The Labute approximate surface area is 254 Å². The summed E-state index contributed by atoms with van der Waals surface area (Å²) >= 11 is 0. The van der Waals surface area contributed by atoms with Crippen molar-refractivity contribution < 1.29 is 42.8 Å². The molecule has 2 bridgehead atoms. The van der Waals surface area contributed by atoms with E-state index in [1.807, 2.05) is 0 Å². The quantitative estimate of drug-likeness (QED) is 0.380. The van der Waals surface area contributed by atoms with Crippen LogP contribution in [-0.2, 0) is 23.8 Å². The zero-order valence-corrected chi connectivity index (χ0v) is 26.3. The molecule has 3 N–H and O–H groups in total. The van der Waals surface area contributed by atoms with Crippen LogP contribution < -0.4 is 5.32 Å². The standard InChI is InChI=1S/C32H52F2N2O7/c1-16-22-12-19(31(22,3)4)13-23(16)35-30(39)27-26(17(2)38)25(15-37)43-36(27)14-18-8-6-9-20(28(18)40-5)21-10-7-11-24-29(21)42-32(33,34)41-24/h16-29,37-38H,6-15H2,1-5H3,(H,35,39)/t16-,17-,18?,19+,20?,21?,22-,23-,24?,25-,26+,27-,28?,29?/m0/s1. The molecule has 0 spiro atoms. The lowest BCUT2D eigenvalue weighted by Gasteiger charge is -2.62. The fraction of sp³-hybridized carbons (Fsp3) is 0.969. The lowest BCUT2D eigenvalue weighted by Crippen LogP contribution is -2.62. The minimum absolute atomic E-state index is 0.00305. The molecule has 2 saturated heterocycles. The van der Waals surface area contributed by atoms with E-state index in [2.05, 4.69) is 26.1 Å². The minimum Gasteiger partial charge on any atom is -0.394 e. The Balaban J connectivity index is 1.19. The molecule has 0 aromatic heterocycles. The molecule has 5 saturated carbocycles. The van der Waals surface area contributed by atoms with Crippen LogP contribution in [0.2, 0.25) is 0 Å². The van der Waals surface area contributed by atoms with Crippen LogP contribution in [0.4, 0.5) is 8.78 Å². The average molecular weight is 615 g/mol. The summed E-state index contributed by atoms with van der Waals surface area (Å²) in [6, 6.07) is -0.705. The number of amides is 1. The third kappa shape index (κ3) is 5.67. The Morgan fingerprint density at radius 1 is 1.12 bits per heavy atom. The van der Waals surface area contributed by atoms with Gasteiger partial charge in [-0.15, -0.1) is 8.78 Å². The van der Waals surface area contributed by atoms with E-state index in [9.17, 15) is 23.8 Å². The van der Waals surface area contributed by atoms with Gasteiger partial charge in [-0.05, 0) is 80.5 Å². The smallest absolute Gasteiger partial charge is 0.394 e. The number of fused-ring (bicyclic) bond motifs is 3. The zero-order valence-electron chi connectivity index (χ0n) is 26.3. The van der Waals surface area contributed by atoms with Crippen LogP contribution in [0, 0.1) is 46.8 Å². The van der Waals surface area contributed by atoms with Crippen molar-refractivity contribution in [3.63, 3.8) is 0 Å². The molecule has 14 atom stereocenters. The third-order valence-corrected chi connectivity index (χ3v) is 12.7. The Bertz CT molecular complexity index is 1020. The Kier molecular flexibility index (Phi) is 8.94. The van der Waals surface area contributed by atoms with Crippen LogP contribution in [-0.4, -0.2) is 90.3 Å². The second-order valence-corrected chi connectivity index (χ2v) is 15.1. The van der Waals surface area contributed by atoms with E-state index >= 15 is 0 Å². The number of hydroxylamine groups is 2. The van der Waals surface area contributed by atoms with Crippen molar-refractivity contribution in [3.05, 3.63) is 0 Å². The summed E-state index contributed by atoms with van der Waals surface area (Å²) < 4.78 is 44.4. The molecule has 0 aromatic carbocycles. The summed E-state index contributed by atoms with van der Waals surface area (Å²) in [7, 11) is 1.67. The first-order chi connectivity index (χ1) is 20.4. The Morgan fingerprint density at radius 3 is 2.49 bits per heavy atom. The summed E-state index contributed by atoms with van der Waals surface area (Å²) in [4.78, 5) is 20.3. The highest BCUT2D eigenvalue weighted by Gasteiger charge is 2.59. The minimum atomic E-state index is -3.56. The first-order valence-electron chi connectivity index (χ1n) is 16.6. The number of ether oxygens (including phenoxy) is 3. The van der Waals surface area contributed by atoms with Crippen LogP contribution in [0.15, 0.2) is 0 Å². The van der Waals surface area contributed by atoms with E-state index in [4.69, 9.17) is 19.0 Å². The number of aliphatic hydroxyl groups is 2. The maximum Gasteiger partial charge on any atom is 0.486 e. The molecule has 7 rings (SSSR count). The number of hydrogen-bond donors (Lipinski definition) is 3. The largest absolute Gasteiger partial charge is 0.486 e. The van der Waals surface area contributed by atoms with Crippen molar-refractivity contribution in [2.75, 3.05) is 20.3 Å². The molecule has 6 unspecified atom stereocenters. The van der Waals surface area contributed by atoms with Gasteiger partial charge in [0.2, 0.25) is 5.91 Å². The summed E-state index contributed by atoms with van der Waals surface area (Å²) in [6.07, 6.45) is 0.199. The van der Waals surface area contributed by atoms with Gasteiger partial charge in [0.25, 0.3) is 0 Å². The van der Waals surface area contributed by atoms with Gasteiger partial charge in [0.1, 0.15) is 12.1 Å². The van der Waals surface area contributed by atoms with Crippen molar-refractivity contribution in [3.8, 4) is 0 Å². The van der Waals surface area contributed by atoms with Gasteiger partial charge in [0, 0.05) is 31.5 Å². The number of nitrogens with zero attached hydrogens (tertiary/aromatic N) is 1. The van der Waals surface area contributed by atoms with Crippen molar-refractivity contribution in [1.29, 1.82) is 0 Å². The van der Waals surface area contributed by atoms with Gasteiger partial charge in [0.05, 0.1) is 31.0 Å². The molecule has 43 heavy (non-hydrogen) atoms. The predicted octanol–water partition coefficient (Wildman–Crippen LogP) is 3.71. The number of carbonyl (C=O) groups excluding carboxylic acids is 1. The number of halogens is 2. The van der Waals surface area contributed by atoms with Crippen LogP contribution in [0.25, 0.3) is 0 Å². The molecule has 11 heteroatoms. The zero-order chi connectivity index (χ0) is 30.8. The van der Waals surface area contributed by atoms with Crippen LogP contribution in [0.1, 0.15) is 79.1 Å². The number of carbonyl (C=O) groups is 1. The van der Waals surface area contributed by atoms with Gasteiger partial charge in [-0.3, -0.25) is 19.1 Å². The van der Waals surface area contributed by atoms with E-state index in [1.165, 1.54) is 6.42 Å². The summed E-state index contributed by atoms with van der Waals surface area (Å²) in [5.74, 6) is 0.595. The molecule has 2 heterocycles. The monoisotopic (exact) mass is 614 g/mol. The third-order valence-electron chi connectivity index (χ3n) is 12.7. The molecule has 1 amide bonds. The number of alkyl halides is 2. The van der Waals surface area contributed by atoms with Crippen molar-refractivity contribution >= 4 is 5.91 Å². The topological polar surface area (TPSA) is 110 Å². The molecule has 5 aliphatic carbocycles. The maximum absolute atomic E-state index is 14.1. The lowest BCUT2D eigenvalue weighted by atomic mass is 9.45. The van der Waals surface area contributed by atoms with E-state index in [1.54, 1.807) is 19.1 Å². The molecule has 7 aliphatic rings. The maximum atomic E-state index is 14.1. The predicted molar refractivity (Wildman–Crippen MR) is 152 cm³/mol. The van der Waals surface area contributed by atoms with E-state index in [0.717, 1.165) is 38.5 Å². The number of hydrogen-bond acceptors (Lipinski definition) is 8. The highest BCUT2D eigenvalue weighted by Crippen LogP contribution is 2.61.